The number of ether oxygens (including phenoxy) is 1. The monoisotopic (exact) mass is 466 g/mol. The van der Waals surface area contributed by atoms with Gasteiger partial charge in [-0.15, -0.1) is 0 Å². The van der Waals surface area contributed by atoms with Gasteiger partial charge in [-0.25, -0.2) is 9.59 Å². The summed E-state index contributed by atoms with van der Waals surface area (Å²) in [6.07, 6.45) is 1.87. The van der Waals surface area contributed by atoms with Crippen LogP contribution in [0.5, 0.6) is 0 Å². The minimum absolute atomic E-state index is 0.0272. The molecular formula is C27H34N2O5. The zero-order valence-corrected chi connectivity index (χ0v) is 20.1. The van der Waals surface area contributed by atoms with Gasteiger partial charge in [0.2, 0.25) is 5.91 Å². The summed E-state index contributed by atoms with van der Waals surface area (Å²) >= 11 is 0. The number of unbranched alkanes of at least 4 members (excludes halogenated alkanes) is 2. The molecule has 1 aliphatic carbocycles. The highest BCUT2D eigenvalue weighted by molar-refractivity contribution is 5.84. The molecule has 34 heavy (non-hydrogen) atoms. The van der Waals surface area contributed by atoms with Crippen molar-refractivity contribution in [2.45, 2.75) is 58.4 Å². The molecule has 0 heterocycles. The number of aliphatic carboxylic acids is 1. The molecule has 3 rings (SSSR count). The normalized spacial score (nSPS) is 13.5. The molecule has 3 N–H and O–H groups in total. The molecular weight excluding hydrogens is 432 g/mol. The van der Waals surface area contributed by atoms with Crippen molar-refractivity contribution in [2.75, 3.05) is 13.2 Å². The third-order valence-electron chi connectivity index (χ3n) is 6.11. The van der Waals surface area contributed by atoms with E-state index in [0.29, 0.717) is 19.4 Å². The Balaban J connectivity index is 1.35. The number of carboxylic acids is 1. The van der Waals surface area contributed by atoms with Gasteiger partial charge in [0.1, 0.15) is 12.6 Å². The molecule has 0 radical (unpaired) electrons. The van der Waals surface area contributed by atoms with Gasteiger partial charge < -0.3 is 20.5 Å². The lowest BCUT2D eigenvalue weighted by Crippen LogP contribution is -2.49. The fourth-order valence-electron chi connectivity index (χ4n) is 4.31. The maximum Gasteiger partial charge on any atom is 0.407 e. The molecule has 1 aliphatic rings. The molecule has 0 aliphatic heterocycles. The van der Waals surface area contributed by atoms with Crippen LogP contribution in [0.2, 0.25) is 0 Å². The molecule has 2 aromatic carbocycles. The van der Waals surface area contributed by atoms with Gasteiger partial charge in [-0.05, 0) is 40.5 Å². The third-order valence-corrected chi connectivity index (χ3v) is 6.11. The summed E-state index contributed by atoms with van der Waals surface area (Å²) in [5.74, 6) is -1.28. The summed E-state index contributed by atoms with van der Waals surface area (Å²) in [6, 6.07) is 15.5. The topological polar surface area (TPSA) is 105 Å². The number of rotatable bonds is 10. The van der Waals surface area contributed by atoms with Gasteiger partial charge in [0, 0.05) is 18.9 Å². The Hall–Kier alpha value is -3.35. The molecule has 0 fully saturated rings. The van der Waals surface area contributed by atoms with Crippen LogP contribution in [0.3, 0.4) is 0 Å². The SMILES string of the molecule is CC(C)(C)C(NC(=O)CCCCCNC(=O)OCC1c2ccccc2-c2ccccc21)C(=O)O. The smallest absolute Gasteiger partial charge is 0.407 e. The molecule has 7 heteroatoms. The van der Waals surface area contributed by atoms with Crippen molar-refractivity contribution in [1.29, 1.82) is 0 Å². The van der Waals surface area contributed by atoms with Crippen molar-refractivity contribution in [3.63, 3.8) is 0 Å². The Morgan fingerprint density at radius 3 is 2.09 bits per heavy atom. The van der Waals surface area contributed by atoms with Crippen molar-refractivity contribution >= 4 is 18.0 Å². The summed E-state index contributed by atoms with van der Waals surface area (Å²) < 4.78 is 5.51. The van der Waals surface area contributed by atoms with E-state index in [4.69, 9.17) is 4.74 Å². The maximum atomic E-state index is 12.2. The Labute approximate surface area is 200 Å². The van der Waals surface area contributed by atoms with Crippen molar-refractivity contribution < 1.29 is 24.2 Å². The summed E-state index contributed by atoms with van der Waals surface area (Å²) in [5, 5.41) is 14.7. The van der Waals surface area contributed by atoms with Crippen LogP contribution in [0.1, 0.15) is 63.5 Å². The maximum absolute atomic E-state index is 12.2. The number of nitrogens with one attached hydrogen (secondary N) is 2. The Bertz CT molecular complexity index is 982. The second kappa shape index (κ2) is 11.2. The van der Waals surface area contributed by atoms with E-state index in [1.165, 1.54) is 22.3 Å². The Morgan fingerprint density at radius 1 is 0.941 bits per heavy atom. The number of benzene rings is 2. The molecule has 1 unspecified atom stereocenters. The highest BCUT2D eigenvalue weighted by Gasteiger charge is 2.32. The number of carbonyl (C=O) groups is 3. The molecule has 0 bridgehead atoms. The summed E-state index contributed by atoms with van der Waals surface area (Å²) in [4.78, 5) is 35.6. The first kappa shape index (κ1) is 25.3. The third kappa shape index (κ3) is 6.37. The highest BCUT2D eigenvalue weighted by atomic mass is 16.5. The summed E-state index contributed by atoms with van der Waals surface area (Å²) in [6.45, 7) is 6.07. The average Bonchev–Trinajstić information content (AvgIpc) is 3.11. The average molecular weight is 467 g/mol. The van der Waals surface area contributed by atoms with Gasteiger partial charge >= 0.3 is 12.1 Å². The van der Waals surface area contributed by atoms with E-state index in [-0.39, 0.29) is 24.9 Å². The summed E-state index contributed by atoms with van der Waals surface area (Å²) in [5.41, 5.74) is 4.16. The number of fused-ring (bicyclic) bond motifs is 3. The minimum Gasteiger partial charge on any atom is -0.480 e. The molecule has 0 saturated carbocycles. The number of amides is 2. The molecule has 182 valence electrons. The van der Waals surface area contributed by atoms with Gasteiger partial charge in [0.25, 0.3) is 0 Å². The van der Waals surface area contributed by atoms with Gasteiger partial charge in [0.15, 0.2) is 0 Å². The number of carboxylic acid groups (broad SMARTS) is 1. The van der Waals surface area contributed by atoms with Gasteiger partial charge in [-0.1, -0.05) is 75.7 Å². The van der Waals surface area contributed by atoms with Crippen LogP contribution < -0.4 is 10.6 Å². The first-order valence-corrected chi connectivity index (χ1v) is 11.8. The van der Waals surface area contributed by atoms with Gasteiger partial charge in [0.05, 0.1) is 0 Å². The van der Waals surface area contributed by atoms with Crippen LogP contribution in [0.25, 0.3) is 11.1 Å². The quantitative estimate of drug-likeness (QED) is 0.440. The number of hydrogen-bond acceptors (Lipinski definition) is 4. The van der Waals surface area contributed by atoms with Crippen LogP contribution in [-0.2, 0) is 14.3 Å². The first-order valence-electron chi connectivity index (χ1n) is 11.8. The molecule has 0 spiro atoms. The van der Waals surface area contributed by atoms with Crippen LogP contribution in [0.15, 0.2) is 48.5 Å². The zero-order valence-electron chi connectivity index (χ0n) is 20.1. The van der Waals surface area contributed by atoms with Crippen molar-refractivity contribution in [3.8, 4) is 11.1 Å². The molecule has 0 saturated heterocycles. The molecule has 7 nitrogen and oxygen atoms in total. The molecule has 0 aromatic heterocycles. The minimum atomic E-state index is -1.03. The summed E-state index contributed by atoms with van der Waals surface area (Å²) in [7, 11) is 0. The fourth-order valence-corrected chi connectivity index (χ4v) is 4.31. The van der Waals surface area contributed by atoms with E-state index in [1.54, 1.807) is 20.8 Å². The second-order valence-electron chi connectivity index (χ2n) is 9.77. The lowest BCUT2D eigenvalue weighted by molar-refractivity contribution is -0.145. The van der Waals surface area contributed by atoms with Crippen LogP contribution >= 0.6 is 0 Å². The highest BCUT2D eigenvalue weighted by Crippen LogP contribution is 2.44. The van der Waals surface area contributed by atoms with E-state index < -0.39 is 23.5 Å². The number of alkyl carbamates (subject to hydrolysis) is 1. The predicted molar refractivity (Wildman–Crippen MR) is 131 cm³/mol. The van der Waals surface area contributed by atoms with Crippen LogP contribution in [0.4, 0.5) is 4.79 Å². The molecule has 2 amide bonds. The second-order valence-corrected chi connectivity index (χ2v) is 9.77. The standard InChI is InChI=1S/C27H34N2O5/c1-27(2,3)24(25(31)32)29-23(30)15-5-4-10-16-28-26(33)34-17-22-20-13-8-6-11-18(20)19-12-7-9-14-21(19)22/h6-9,11-14,22,24H,4-5,10,15-17H2,1-3H3,(H,28,33)(H,29,30)(H,31,32). The Kier molecular flexibility index (Phi) is 8.31. The largest absolute Gasteiger partial charge is 0.480 e. The predicted octanol–water partition coefficient (Wildman–Crippen LogP) is 4.70. The van der Waals surface area contributed by atoms with Crippen LogP contribution in [-0.4, -0.2) is 42.3 Å². The van der Waals surface area contributed by atoms with Crippen molar-refractivity contribution in [3.05, 3.63) is 59.7 Å². The fraction of sp³-hybridized carbons (Fsp3) is 0.444. The van der Waals surface area contributed by atoms with Gasteiger partial charge in [-0.3, -0.25) is 4.79 Å². The number of carbonyl (C=O) groups excluding carboxylic acids is 2. The molecule has 2 aromatic rings. The van der Waals surface area contributed by atoms with Crippen molar-refractivity contribution in [1.82, 2.24) is 10.6 Å². The lowest BCUT2D eigenvalue weighted by Gasteiger charge is -2.27. The van der Waals surface area contributed by atoms with Gasteiger partial charge in [-0.2, -0.15) is 0 Å². The zero-order chi connectivity index (χ0) is 24.7. The van der Waals surface area contributed by atoms with E-state index in [2.05, 4.69) is 34.9 Å². The number of hydrogen-bond donors (Lipinski definition) is 3. The molecule has 1 atom stereocenters. The van der Waals surface area contributed by atoms with Crippen molar-refractivity contribution in [2.24, 2.45) is 5.41 Å². The van der Waals surface area contributed by atoms with E-state index in [9.17, 15) is 19.5 Å². The van der Waals surface area contributed by atoms with E-state index >= 15 is 0 Å². The first-order chi connectivity index (χ1) is 16.2. The van der Waals surface area contributed by atoms with E-state index in [0.717, 1.165) is 6.42 Å². The van der Waals surface area contributed by atoms with Crippen LogP contribution in [0, 0.1) is 5.41 Å². The van der Waals surface area contributed by atoms with E-state index in [1.807, 2.05) is 24.3 Å². The lowest BCUT2D eigenvalue weighted by atomic mass is 9.86. The Morgan fingerprint density at radius 2 is 1.53 bits per heavy atom.